The normalized spacial score (nSPS) is 10.6. The fourth-order valence-electron chi connectivity index (χ4n) is 2.98. The molecule has 0 spiro atoms. The van der Waals surface area contributed by atoms with Crippen molar-refractivity contribution in [2.75, 3.05) is 5.32 Å². The van der Waals surface area contributed by atoms with Crippen molar-refractivity contribution in [1.82, 2.24) is 9.78 Å². The van der Waals surface area contributed by atoms with E-state index in [9.17, 15) is 4.79 Å². The molecule has 31 heavy (non-hydrogen) atoms. The molecule has 0 aliphatic heterocycles. The van der Waals surface area contributed by atoms with Crippen LogP contribution in [0.25, 0.3) is 0 Å². The standard InChI is InChI=1S/C24H19BrClN3O2/c25-20-6-2-4-8-22(20)31-16-17-9-11-18(12-10-17)24(30)27-23-13-14-29(28-23)15-19-5-1-3-7-21(19)26/h1-14H,15-16H2,(H,27,28,30). The van der Waals surface area contributed by atoms with Gasteiger partial charge in [-0.05, 0) is 57.4 Å². The Morgan fingerprint density at radius 3 is 2.52 bits per heavy atom. The number of rotatable bonds is 7. The van der Waals surface area contributed by atoms with Crippen LogP contribution in [-0.4, -0.2) is 15.7 Å². The van der Waals surface area contributed by atoms with Crippen molar-refractivity contribution in [1.29, 1.82) is 0 Å². The second-order valence-electron chi connectivity index (χ2n) is 6.86. The highest BCUT2D eigenvalue weighted by molar-refractivity contribution is 9.10. The number of halogens is 2. The van der Waals surface area contributed by atoms with Crippen LogP contribution in [0.15, 0.2) is 89.5 Å². The van der Waals surface area contributed by atoms with E-state index in [-0.39, 0.29) is 5.91 Å². The average molecular weight is 497 g/mol. The maximum Gasteiger partial charge on any atom is 0.256 e. The third kappa shape index (κ3) is 5.54. The van der Waals surface area contributed by atoms with Gasteiger partial charge in [0.1, 0.15) is 12.4 Å². The monoisotopic (exact) mass is 495 g/mol. The van der Waals surface area contributed by atoms with Gasteiger partial charge in [-0.2, -0.15) is 5.10 Å². The number of hydrogen-bond acceptors (Lipinski definition) is 3. The largest absolute Gasteiger partial charge is 0.488 e. The Balaban J connectivity index is 1.34. The van der Waals surface area contributed by atoms with Gasteiger partial charge in [-0.15, -0.1) is 0 Å². The predicted molar refractivity (Wildman–Crippen MR) is 126 cm³/mol. The van der Waals surface area contributed by atoms with E-state index in [1.54, 1.807) is 29.1 Å². The van der Waals surface area contributed by atoms with Crippen LogP contribution in [0.2, 0.25) is 5.02 Å². The van der Waals surface area contributed by atoms with Crippen LogP contribution in [0.4, 0.5) is 5.82 Å². The summed E-state index contributed by atoms with van der Waals surface area (Å²) in [6, 6.07) is 24.4. The average Bonchev–Trinajstić information content (AvgIpc) is 3.22. The number of amides is 1. The second kappa shape index (κ2) is 9.81. The third-order valence-corrected chi connectivity index (χ3v) is 5.64. The molecule has 1 N–H and O–H groups in total. The molecule has 0 saturated carbocycles. The first-order chi connectivity index (χ1) is 15.1. The van der Waals surface area contributed by atoms with Crippen molar-refractivity contribution in [3.63, 3.8) is 0 Å². The Morgan fingerprint density at radius 2 is 1.74 bits per heavy atom. The minimum absolute atomic E-state index is 0.221. The van der Waals surface area contributed by atoms with Crippen molar-refractivity contribution in [3.05, 3.63) is 111 Å². The Kier molecular flexibility index (Phi) is 6.70. The third-order valence-electron chi connectivity index (χ3n) is 4.62. The van der Waals surface area contributed by atoms with Crippen LogP contribution in [0.3, 0.4) is 0 Å². The summed E-state index contributed by atoms with van der Waals surface area (Å²) < 4.78 is 8.45. The van der Waals surface area contributed by atoms with E-state index < -0.39 is 0 Å². The van der Waals surface area contributed by atoms with E-state index in [0.29, 0.717) is 29.6 Å². The molecule has 0 aliphatic rings. The molecule has 0 bridgehead atoms. The fraction of sp³-hybridized carbons (Fsp3) is 0.0833. The van der Waals surface area contributed by atoms with Gasteiger partial charge >= 0.3 is 0 Å². The van der Waals surface area contributed by atoms with Crippen molar-refractivity contribution < 1.29 is 9.53 Å². The second-order valence-corrected chi connectivity index (χ2v) is 8.12. The van der Waals surface area contributed by atoms with E-state index in [4.69, 9.17) is 16.3 Å². The Bertz CT molecular complexity index is 1190. The molecule has 4 rings (SSSR count). The van der Waals surface area contributed by atoms with Gasteiger partial charge in [-0.3, -0.25) is 9.48 Å². The molecule has 0 saturated heterocycles. The number of aromatic nitrogens is 2. The summed E-state index contributed by atoms with van der Waals surface area (Å²) in [5, 5.41) is 7.91. The summed E-state index contributed by atoms with van der Waals surface area (Å²) in [4.78, 5) is 12.6. The Labute approximate surface area is 193 Å². The molecule has 0 unspecified atom stereocenters. The molecular formula is C24H19BrClN3O2. The number of hydrogen-bond donors (Lipinski definition) is 1. The van der Waals surface area contributed by atoms with Gasteiger partial charge in [0.2, 0.25) is 0 Å². The van der Waals surface area contributed by atoms with E-state index in [1.807, 2.05) is 60.7 Å². The Hall–Kier alpha value is -3.09. The summed E-state index contributed by atoms with van der Waals surface area (Å²) >= 11 is 9.66. The quantitative estimate of drug-likeness (QED) is 0.332. The van der Waals surface area contributed by atoms with Crippen LogP contribution >= 0.6 is 27.5 Å². The minimum atomic E-state index is -0.221. The number of ether oxygens (including phenoxy) is 1. The van der Waals surface area contributed by atoms with Gasteiger partial charge in [0.25, 0.3) is 5.91 Å². The number of anilines is 1. The molecule has 0 atom stereocenters. The zero-order valence-electron chi connectivity index (χ0n) is 16.5. The zero-order valence-corrected chi connectivity index (χ0v) is 18.8. The molecule has 0 aliphatic carbocycles. The van der Waals surface area contributed by atoms with Gasteiger partial charge in [0.05, 0.1) is 11.0 Å². The van der Waals surface area contributed by atoms with Gasteiger partial charge in [0, 0.05) is 22.8 Å². The number of nitrogens with zero attached hydrogens (tertiary/aromatic N) is 2. The lowest BCUT2D eigenvalue weighted by Crippen LogP contribution is -2.13. The first-order valence-electron chi connectivity index (χ1n) is 9.63. The van der Waals surface area contributed by atoms with Crippen molar-refractivity contribution in [2.45, 2.75) is 13.2 Å². The lowest BCUT2D eigenvalue weighted by Gasteiger charge is -2.09. The summed E-state index contributed by atoms with van der Waals surface area (Å²) in [5.74, 6) is 1.04. The smallest absolute Gasteiger partial charge is 0.256 e. The number of nitrogens with one attached hydrogen (secondary N) is 1. The van der Waals surface area contributed by atoms with Crippen LogP contribution in [0.1, 0.15) is 21.5 Å². The Morgan fingerprint density at radius 1 is 1.00 bits per heavy atom. The van der Waals surface area contributed by atoms with Gasteiger partial charge < -0.3 is 10.1 Å². The molecule has 0 radical (unpaired) electrons. The highest BCUT2D eigenvalue weighted by Crippen LogP contribution is 2.24. The SMILES string of the molecule is O=C(Nc1ccn(Cc2ccccc2Cl)n1)c1ccc(COc2ccccc2Br)cc1. The molecule has 3 aromatic carbocycles. The summed E-state index contributed by atoms with van der Waals surface area (Å²) in [6.45, 7) is 0.943. The van der Waals surface area contributed by atoms with E-state index >= 15 is 0 Å². The number of carbonyl (C=O) groups is 1. The lowest BCUT2D eigenvalue weighted by atomic mass is 10.1. The first kappa shape index (κ1) is 21.2. The molecule has 1 aromatic heterocycles. The molecule has 1 amide bonds. The summed E-state index contributed by atoms with van der Waals surface area (Å²) in [7, 11) is 0. The summed E-state index contributed by atoms with van der Waals surface area (Å²) in [6.07, 6.45) is 1.81. The molecule has 4 aromatic rings. The molecule has 0 fully saturated rings. The van der Waals surface area contributed by atoms with Gasteiger partial charge in [0.15, 0.2) is 5.82 Å². The first-order valence-corrected chi connectivity index (χ1v) is 10.8. The van der Waals surface area contributed by atoms with Crippen LogP contribution in [-0.2, 0) is 13.2 Å². The van der Waals surface area contributed by atoms with Gasteiger partial charge in [-0.1, -0.05) is 54.1 Å². The number of carbonyl (C=O) groups excluding carboxylic acids is 1. The lowest BCUT2D eigenvalue weighted by molar-refractivity contribution is 0.102. The predicted octanol–water partition coefficient (Wildman–Crippen LogP) is 6.18. The van der Waals surface area contributed by atoms with E-state index in [0.717, 1.165) is 21.3 Å². The van der Waals surface area contributed by atoms with Crippen LogP contribution in [0.5, 0.6) is 5.75 Å². The molecular weight excluding hydrogens is 478 g/mol. The van der Waals surface area contributed by atoms with Crippen molar-refractivity contribution in [3.8, 4) is 5.75 Å². The maximum absolute atomic E-state index is 12.6. The van der Waals surface area contributed by atoms with Crippen molar-refractivity contribution >= 4 is 39.3 Å². The van der Waals surface area contributed by atoms with Crippen molar-refractivity contribution in [2.24, 2.45) is 0 Å². The fourth-order valence-corrected chi connectivity index (χ4v) is 3.58. The van der Waals surface area contributed by atoms with E-state index in [2.05, 4.69) is 26.3 Å². The molecule has 156 valence electrons. The minimum Gasteiger partial charge on any atom is -0.488 e. The van der Waals surface area contributed by atoms with Gasteiger partial charge in [-0.25, -0.2) is 0 Å². The molecule has 7 heteroatoms. The highest BCUT2D eigenvalue weighted by atomic mass is 79.9. The number of para-hydroxylation sites is 1. The van der Waals surface area contributed by atoms with Crippen LogP contribution in [0, 0.1) is 0 Å². The van der Waals surface area contributed by atoms with Crippen LogP contribution < -0.4 is 10.1 Å². The number of benzene rings is 3. The molecule has 5 nitrogen and oxygen atoms in total. The topological polar surface area (TPSA) is 56.2 Å². The molecule has 1 heterocycles. The summed E-state index contributed by atoms with van der Waals surface area (Å²) in [5.41, 5.74) is 2.48. The highest BCUT2D eigenvalue weighted by Gasteiger charge is 2.09. The van der Waals surface area contributed by atoms with E-state index in [1.165, 1.54) is 0 Å². The maximum atomic E-state index is 12.6. The zero-order chi connectivity index (χ0) is 21.6.